The number of hydrogen-bond donors (Lipinski definition) is 1. The van der Waals surface area contributed by atoms with Crippen molar-refractivity contribution < 1.29 is 4.79 Å². The predicted molar refractivity (Wildman–Crippen MR) is 82.6 cm³/mol. The van der Waals surface area contributed by atoms with Gasteiger partial charge in [-0.15, -0.1) is 0 Å². The Kier molecular flexibility index (Phi) is 3.18. The number of anilines is 3. The van der Waals surface area contributed by atoms with Crippen molar-refractivity contribution in [2.75, 3.05) is 16.8 Å². The van der Waals surface area contributed by atoms with E-state index in [1.54, 1.807) is 4.90 Å². The van der Waals surface area contributed by atoms with Gasteiger partial charge in [0, 0.05) is 5.69 Å². The molecule has 0 aromatic heterocycles. The Balaban J connectivity index is 2.02. The van der Waals surface area contributed by atoms with Crippen molar-refractivity contribution in [2.24, 2.45) is 0 Å². The van der Waals surface area contributed by atoms with Gasteiger partial charge in [-0.2, -0.15) is 0 Å². The Hall–Kier alpha value is -2.29. The number of nitrogens with one attached hydrogen (secondary N) is 1. The summed E-state index contributed by atoms with van der Waals surface area (Å²) in [5.74, 6) is 0.566. The molecule has 0 saturated heterocycles. The summed E-state index contributed by atoms with van der Waals surface area (Å²) in [7, 11) is 0. The number of amides is 1. The van der Waals surface area contributed by atoms with Gasteiger partial charge in [0.1, 0.15) is 0 Å². The monoisotopic (exact) mass is 266 g/mol. The summed E-state index contributed by atoms with van der Waals surface area (Å²) in [6.07, 6.45) is 0. The fourth-order valence-electron chi connectivity index (χ4n) is 2.49. The van der Waals surface area contributed by atoms with E-state index in [0.29, 0.717) is 12.5 Å². The van der Waals surface area contributed by atoms with E-state index in [0.717, 1.165) is 17.1 Å². The van der Waals surface area contributed by atoms with Crippen LogP contribution in [0.3, 0.4) is 0 Å². The highest BCUT2D eigenvalue weighted by molar-refractivity contribution is 6.08. The lowest BCUT2D eigenvalue weighted by Gasteiger charge is -2.30. The van der Waals surface area contributed by atoms with Crippen molar-refractivity contribution in [2.45, 2.75) is 19.8 Å². The van der Waals surface area contributed by atoms with Gasteiger partial charge in [-0.3, -0.25) is 9.69 Å². The van der Waals surface area contributed by atoms with Crippen LogP contribution < -0.4 is 10.2 Å². The summed E-state index contributed by atoms with van der Waals surface area (Å²) in [5.41, 5.74) is 4.12. The predicted octanol–water partition coefficient (Wildman–Crippen LogP) is 3.90. The van der Waals surface area contributed by atoms with Crippen molar-refractivity contribution in [1.82, 2.24) is 0 Å². The molecule has 2 aromatic rings. The zero-order valence-electron chi connectivity index (χ0n) is 11.8. The van der Waals surface area contributed by atoms with Crippen molar-refractivity contribution in [3.8, 4) is 0 Å². The fourth-order valence-corrected chi connectivity index (χ4v) is 2.49. The van der Waals surface area contributed by atoms with E-state index in [1.807, 2.05) is 36.4 Å². The summed E-state index contributed by atoms with van der Waals surface area (Å²) in [6.45, 7) is 4.67. The molecule has 0 saturated carbocycles. The number of nitrogens with zero attached hydrogens (tertiary/aromatic N) is 1. The van der Waals surface area contributed by atoms with E-state index in [1.165, 1.54) is 5.56 Å². The van der Waals surface area contributed by atoms with Crippen LogP contribution in [0.15, 0.2) is 48.5 Å². The number of carbonyl (C=O) groups excluding carboxylic acids is 1. The lowest BCUT2D eigenvalue weighted by atomic mass is 10.0. The smallest absolute Gasteiger partial charge is 0.250 e. The highest BCUT2D eigenvalue weighted by Gasteiger charge is 2.24. The molecule has 3 heteroatoms. The highest BCUT2D eigenvalue weighted by atomic mass is 16.2. The molecule has 2 aromatic carbocycles. The Bertz CT molecular complexity index is 632. The summed E-state index contributed by atoms with van der Waals surface area (Å²) in [4.78, 5) is 14.0. The van der Waals surface area contributed by atoms with Crippen LogP contribution in [0.5, 0.6) is 0 Å². The van der Waals surface area contributed by atoms with Crippen LogP contribution >= 0.6 is 0 Å². The molecule has 0 aliphatic carbocycles. The van der Waals surface area contributed by atoms with E-state index in [2.05, 4.69) is 31.3 Å². The zero-order chi connectivity index (χ0) is 14.1. The Morgan fingerprint density at radius 1 is 1.05 bits per heavy atom. The second kappa shape index (κ2) is 5.00. The first-order valence-electron chi connectivity index (χ1n) is 6.92. The molecule has 0 atom stereocenters. The molecule has 3 nitrogen and oxygen atoms in total. The average Bonchev–Trinajstić information content (AvgIpc) is 2.47. The second-order valence-corrected chi connectivity index (χ2v) is 5.35. The van der Waals surface area contributed by atoms with Crippen LogP contribution in [0.2, 0.25) is 0 Å². The Morgan fingerprint density at radius 2 is 1.75 bits per heavy atom. The van der Waals surface area contributed by atoms with Crippen molar-refractivity contribution in [3.63, 3.8) is 0 Å². The minimum atomic E-state index is 0.0704. The third-order valence-electron chi connectivity index (χ3n) is 3.64. The van der Waals surface area contributed by atoms with Gasteiger partial charge < -0.3 is 5.32 Å². The molecule has 0 unspecified atom stereocenters. The van der Waals surface area contributed by atoms with Crippen LogP contribution in [0.1, 0.15) is 25.3 Å². The van der Waals surface area contributed by atoms with Gasteiger partial charge in [0.2, 0.25) is 0 Å². The lowest BCUT2D eigenvalue weighted by Crippen LogP contribution is -2.36. The molecule has 1 aliphatic rings. The van der Waals surface area contributed by atoms with E-state index < -0.39 is 0 Å². The quantitative estimate of drug-likeness (QED) is 0.894. The van der Waals surface area contributed by atoms with Crippen LogP contribution in [0, 0.1) is 0 Å². The summed E-state index contributed by atoms with van der Waals surface area (Å²) >= 11 is 0. The maximum atomic E-state index is 12.2. The average molecular weight is 266 g/mol. The third-order valence-corrected chi connectivity index (χ3v) is 3.64. The maximum absolute atomic E-state index is 12.2. The number of rotatable bonds is 2. The number of hydrogen-bond acceptors (Lipinski definition) is 2. The summed E-state index contributed by atoms with van der Waals surface area (Å²) in [6, 6.07) is 16.1. The molecular formula is C17H18N2O. The van der Waals surface area contributed by atoms with E-state index in [-0.39, 0.29) is 5.91 Å². The fraction of sp³-hybridized carbons (Fsp3) is 0.235. The first-order valence-corrected chi connectivity index (χ1v) is 6.92. The SMILES string of the molecule is CC(C)c1ccc(N2C(=O)CNc3ccccc32)cc1. The normalized spacial score (nSPS) is 14.2. The Morgan fingerprint density at radius 3 is 2.45 bits per heavy atom. The van der Waals surface area contributed by atoms with Gasteiger partial charge in [0.05, 0.1) is 17.9 Å². The van der Waals surface area contributed by atoms with E-state index in [9.17, 15) is 4.79 Å². The Labute approximate surface area is 119 Å². The topological polar surface area (TPSA) is 32.3 Å². The molecule has 1 aliphatic heterocycles. The molecular weight excluding hydrogens is 248 g/mol. The van der Waals surface area contributed by atoms with Crippen LogP contribution in [0.25, 0.3) is 0 Å². The van der Waals surface area contributed by atoms with E-state index >= 15 is 0 Å². The molecule has 1 heterocycles. The third kappa shape index (κ3) is 2.16. The lowest BCUT2D eigenvalue weighted by molar-refractivity contribution is -0.116. The van der Waals surface area contributed by atoms with Gasteiger partial charge in [-0.05, 0) is 35.7 Å². The van der Waals surface area contributed by atoms with Gasteiger partial charge in [-0.25, -0.2) is 0 Å². The van der Waals surface area contributed by atoms with Crippen LogP contribution in [0.4, 0.5) is 17.1 Å². The molecule has 1 N–H and O–H groups in total. The molecule has 0 bridgehead atoms. The molecule has 0 radical (unpaired) electrons. The van der Waals surface area contributed by atoms with Crippen LogP contribution in [-0.2, 0) is 4.79 Å². The first kappa shape index (κ1) is 12.7. The second-order valence-electron chi connectivity index (χ2n) is 5.35. The minimum absolute atomic E-state index is 0.0704. The van der Waals surface area contributed by atoms with Gasteiger partial charge in [0.15, 0.2) is 0 Å². The maximum Gasteiger partial charge on any atom is 0.250 e. The minimum Gasteiger partial charge on any atom is -0.374 e. The van der Waals surface area contributed by atoms with Crippen molar-refractivity contribution in [1.29, 1.82) is 0 Å². The standard InChI is InChI=1S/C17H18N2O/c1-12(2)13-7-9-14(10-8-13)19-16-6-4-3-5-15(16)18-11-17(19)20/h3-10,12,18H,11H2,1-2H3. The van der Waals surface area contributed by atoms with Crippen molar-refractivity contribution >= 4 is 23.0 Å². The number of benzene rings is 2. The largest absolute Gasteiger partial charge is 0.374 e. The van der Waals surface area contributed by atoms with Gasteiger partial charge in [-0.1, -0.05) is 38.1 Å². The number of carbonyl (C=O) groups is 1. The molecule has 1 amide bonds. The molecule has 0 spiro atoms. The summed E-state index contributed by atoms with van der Waals surface area (Å²) < 4.78 is 0. The van der Waals surface area contributed by atoms with Gasteiger partial charge >= 0.3 is 0 Å². The van der Waals surface area contributed by atoms with Crippen LogP contribution in [-0.4, -0.2) is 12.5 Å². The summed E-state index contributed by atoms with van der Waals surface area (Å²) in [5, 5.41) is 3.15. The molecule has 102 valence electrons. The van der Waals surface area contributed by atoms with Gasteiger partial charge in [0.25, 0.3) is 5.91 Å². The molecule has 3 rings (SSSR count). The number of para-hydroxylation sites is 2. The highest BCUT2D eigenvalue weighted by Crippen LogP contribution is 2.35. The van der Waals surface area contributed by atoms with Crippen molar-refractivity contribution in [3.05, 3.63) is 54.1 Å². The van der Waals surface area contributed by atoms with E-state index in [4.69, 9.17) is 0 Å². The number of fused-ring (bicyclic) bond motifs is 1. The molecule has 0 fully saturated rings. The first-order chi connectivity index (χ1) is 9.66. The molecule has 20 heavy (non-hydrogen) atoms. The zero-order valence-corrected chi connectivity index (χ0v) is 11.8.